The minimum Gasteiger partial charge on any atom is -0.458 e. The van der Waals surface area contributed by atoms with Crippen LogP contribution in [-0.2, 0) is 14.4 Å². The molecule has 6 heteroatoms. The van der Waals surface area contributed by atoms with E-state index in [1.807, 2.05) is 20.8 Å². The summed E-state index contributed by atoms with van der Waals surface area (Å²) in [4.78, 5) is 18.9. The Kier molecular flexibility index (Phi) is 6.59. The number of hydrogen-bond acceptors (Lipinski definition) is 6. The number of esters is 1. The van der Waals surface area contributed by atoms with Gasteiger partial charge in [0.05, 0.1) is 12.1 Å². The summed E-state index contributed by atoms with van der Waals surface area (Å²) >= 11 is 0. The van der Waals surface area contributed by atoms with E-state index in [1.54, 1.807) is 0 Å². The molecule has 1 aliphatic heterocycles. The monoisotopic (exact) mass is 297 g/mol. The number of piperidine rings is 1. The number of likely N-dealkylation sites (tertiary alicyclic amines) is 1. The highest BCUT2D eigenvalue weighted by molar-refractivity contribution is 5.71. The molecule has 0 amide bonds. The third kappa shape index (κ3) is 6.42. The van der Waals surface area contributed by atoms with E-state index in [9.17, 15) is 4.79 Å². The normalized spacial score (nSPS) is 23.9. The molecular formula is C15H27N3O3. The van der Waals surface area contributed by atoms with Gasteiger partial charge in [-0.05, 0) is 47.5 Å². The van der Waals surface area contributed by atoms with Crippen LogP contribution in [0.2, 0.25) is 0 Å². The van der Waals surface area contributed by atoms with Gasteiger partial charge in [-0.25, -0.2) is 4.79 Å². The number of ether oxygens (including phenoxy) is 1. The van der Waals surface area contributed by atoms with Gasteiger partial charge in [0, 0.05) is 18.6 Å². The first kappa shape index (κ1) is 17.9. The lowest BCUT2D eigenvalue weighted by atomic mass is 9.98. The number of nitrogens with zero attached hydrogens (tertiary/aromatic N) is 2. The maximum Gasteiger partial charge on any atom is 0.334 e. The standard InChI is InChI=1S/C15H27N3O3/c1-11(2)18-9-12(6-7-13(18)8-16)17-20-10-14(19)21-15(3,4)5/h11-13,17H,6-7,9-10H2,1-5H3/t12?,13-/m0/s1. The fraction of sp³-hybridized carbons (Fsp3) is 0.867. The summed E-state index contributed by atoms with van der Waals surface area (Å²) in [5, 5.41) is 9.15. The van der Waals surface area contributed by atoms with E-state index in [0.717, 1.165) is 19.4 Å². The summed E-state index contributed by atoms with van der Waals surface area (Å²) in [5.74, 6) is -0.388. The van der Waals surface area contributed by atoms with Gasteiger partial charge in [0.1, 0.15) is 5.60 Å². The summed E-state index contributed by atoms with van der Waals surface area (Å²) in [5.41, 5.74) is 2.42. The Balaban J connectivity index is 2.34. The van der Waals surface area contributed by atoms with E-state index in [-0.39, 0.29) is 24.7 Å². The van der Waals surface area contributed by atoms with Crippen LogP contribution in [0.25, 0.3) is 0 Å². The lowest BCUT2D eigenvalue weighted by Gasteiger charge is -2.38. The zero-order chi connectivity index (χ0) is 16.0. The largest absolute Gasteiger partial charge is 0.458 e. The smallest absolute Gasteiger partial charge is 0.334 e. The van der Waals surface area contributed by atoms with Gasteiger partial charge in [-0.15, -0.1) is 0 Å². The van der Waals surface area contributed by atoms with Gasteiger partial charge < -0.3 is 4.74 Å². The van der Waals surface area contributed by atoms with Gasteiger partial charge in [-0.1, -0.05) is 0 Å². The van der Waals surface area contributed by atoms with Crippen molar-refractivity contribution < 1.29 is 14.4 Å². The average molecular weight is 297 g/mol. The lowest BCUT2D eigenvalue weighted by Crippen LogP contribution is -2.52. The van der Waals surface area contributed by atoms with Crippen molar-refractivity contribution in [3.63, 3.8) is 0 Å². The molecule has 0 saturated carbocycles. The van der Waals surface area contributed by atoms with Crippen LogP contribution in [-0.4, -0.2) is 47.7 Å². The van der Waals surface area contributed by atoms with Crippen molar-refractivity contribution in [1.82, 2.24) is 10.4 Å². The van der Waals surface area contributed by atoms with Gasteiger partial charge in [-0.3, -0.25) is 9.74 Å². The van der Waals surface area contributed by atoms with Crippen LogP contribution in [0.1, 0.15) is 47.5 Å². The first-order valence-corrected chi connectivity index (χ1v) is 7.47. The molecule has 1 N–H and O–H groups in total. The van der Waals surface area contributed by atoms with E-state index in [1.165, 1.54) is 0 Å². The number of carbonyl (C=O) groups is 1. The Morgan fingerprint density at radius 1 is 1.43 bits per heavy atom. The van der Waals surface area contributed by atoms with Crippen molar-refractivity contribution in [2.75, 3.05) is 13.2 Å². The third-order valence-electron chi connectivity index (χ3n) is 3.29. The van der Waals surface area contributed by atoms with Crippen molar-refractivity contribution in [2.45, 2.75) is 71.2 Å². The SMILES string of the molecule is CC(C)N1CC(NOCC(=O)OC(C)(C)C)CC[C@H]1C#N. The first-order chi connectivity index (χ1) is 9.73. The number of carbonyl (C=O) groups excluding carboxylic acids is 1. The second-order valence-corrected chi connectivity index (χ2v) is 6.70. The van der Waals surface area contributed by atoms with E-state index in [4.69, 9.17) is 14.8 Å². The fourth-order valence-corrected chi connectivity index (χ4v) is 2.39. The second-order valence-electron chi connectivity index (χ2n) is 6.70. The zero-order valence-electron chi connectivity index (χ0n) is 13.7. The predicted octanol–water partition coefficient (Wildman–Crippen LogP) is 1.61. The molecule has 0 bridgehead atoms. The molecule has 0 aromatic heterocycles. The van der Waals surface area contributed by atoms with E-state index < -0.39 is 5.60 Å². The van der Waals surface area contributed by atoms with E-state index >= 15 is 0 Å². The quantitative estimate of drug-likeness (QED) is 0.614. The van der Waals surface area contributed by atoms with Gasteiger partial charge >= 0.3 is 5.97 Å². The molecule has 120 valence electrons. The molecule has 6 nitrogen and oxygen atoms in total. The minimum absolute atomic E-state index is 0.0334. The van der Waals surface area contributed by atoms with Gasteiger partial charge in [0.2, 0.25) is 0 Å². The number of nitrogens with one attached hydrogen (secondary N) is 1. The topological polar surface area (TPSA) is 74.6 Å². The summed E-state index contributed by atoms with van der Waals surface area (Å²) in [6.45, 7) is 10.2. The molecule has 2 atom stereocenters. The van der Waals surface area contributed by atoms with E-state index in [0.29, 0.717) is 6.04 Å². The van der Waals surface area contributed by atoms with Crippen LogP contribution in [0.4, 0.5) is 0 Å². The van der Waals surface area contributed by atoms with Crippen molar-refractivity contribution in [3.05, 3.63) is 0 Å². The van der Waals surface area contributed by atoms with Crippen LogP contribution in [0.5, 0.6) is 0 Å². The van der Waals surface area contributed by atoms with Gasteiger partial charge in [0.25, 0.3) is 0 Å². The summed E-state index contributed by atoms with van der Waals surface area (Å²) in [6.07, 6.45) is 1.66. The highest BCUT2D eigenvalue weighted by Crippen LogP contribution is 2.19. The van der Waals surface area contributed by atoms with Gasteiger partial charge in [0.15, 0.2) is 6.61 Å². The molecule has 0 spiro atoms. The van der Waals surface area contributed by atoms with Gasteiger partial charge in [-0.2, -0.15) is 10.7 Å². The Labute approximate surface area is 127 Å². The Bertz CT molecular complexity index is 385. The highest BCUT2D eigenvalue weighted by Gasteiger charge is 2.30. The molecule has 1 heterocycles. The molecule has 1 rings (SSSR count). The molecule has 1 aliphatic rings. The first-order valence-electron chi connectivity index (χ1n) is 7.47. The molecular weight excluding hydrogens is 270 g/mol. The van der Waals surface area contributed by atoms with Crippen LogP contribution >= 0.6 is 0 Å². The third-order valence-corrected chi connectivity index (χ3v) is 3.29. The number of hydrogen-bond donors (Lipinski definition) is 1. The lowest BCUT2D eigenvalue weighted by molar-refractivity contribution is -0.164. The average Bonchev–Trinajstić information content (AvgIpc) is 2.36. The molecule has 1 saturated heterocycles. The van der Waals surface area contributed by atoms with Crippen molar-refractivity contribution in [1.29, 1.82) is 5.26 Å². The maximum absolute atomic E-state index is 11.5. The van der Waals surface area contributed by atoms with Crippen LogP contribution in [0.15, 0.2) is 0 Å². The maximum atomic E-state index is 11.5. The number of rotatable bonds is 5. The van der Waals surface area contributed by atoms with Crippen molar-refractivity contribution in [3.8, 4) is 6.07 Å². The minimum atomic E-state index is -0.500. The van der Waals surface area contributed by atoms with Crippen molar-refractivity contribution in [2.24, 2.45) is 0 Å². The molecule has 1 fully saturated rings. The molecule has 0 aromatic rings. The second kappa shape index (κ2) is 7.74. The molecule has 0 aliphatic carbocycles. The number of hydroxylamine groups is 1. The Morgan fingerprint density at radius 3 is 2.62 bits per heavy atom. The Morgan fingerprint density at radius 2 is 2.10 bits per heavy atom. The van der Waals surface area contributed by atoms with Crippen LogP contribution in [0, 0.1) is 11.3 Å². The molecule has 0 radical (unpaired) electrons. The van der Waals surface area contributed by atoms with E-state index in [2.05, 4.69) is 30.3 Å². The summed E-state index contributed by atoms with van der Waals surface area (Å²) in [6, 6.07) is 2.74. The summed E-state index contributed by atoms with van der Waals surface area (Å²) in [7, 11) is 0. The van der Waals surface area contributed by atoms with Crippen LogP contribution in [0.3, 0.4) is 0 Å². The predicted molar refractivity (Wildman–Crippen MR) is 79.2 cm³/mol. The zero-order valence-corrected chi connectivity index (χ0v) is 13.7. The Hall–Kier alpha value is -1.16. The highest BCUT2D eigenvalue weighted by atomic mass is 16.7. The molecule has 1 unspecified atom stereocenters. The number of nitriles is 1. The van der Waals surface area contributed by atoms with Crippen molar-refractivity contribution >= 4 is 5.97 Å². The molecule has 21 heavy (non-hydrogen) atoms. The summed E-state index contributed by atoms with van der Waals surface area (Å²) < 4.78 is 5.16. The molecule has 0 aromatic carbocycles. The van der Waals surface area contributed by atoms with Crippen LogP contribution < -0.4 is 5.48 Å². The fourth-order valence-electron chi connectivity index (χ4n) is 2.39.